The first kappa shape index (κ1) is 16.5. The summed E-state index contributed by atoms with van der Waals surface area (Å²) < 4.78 is 9.46. The summed E-state index contributed by atoms with van der Waals surface area (Å²) in [5.74, 6) is -1.11. The minimum absolute atomic E-state index is 0.162. The zero-order valence-corrected chi connectivity index (χ0v) is 12.6. The normalized spacial score (nSPS) is 11.1. The molecule has 0 fully saturated rings. The average Bonchev–Trinajstić information content (AvgIpc) is 2.40. The minimum Gasteiger partial charge on any atom is -0.466 e. The lowest BCUT2D eigenvalue weighted by Gasteiger charge is -2.06. The van der Waals surface area contributed by atoms with Crippen LogP contribution in [0.25, 0.3) is 6.08 Å². The Morgan fingerprint density at radius 3 is 2.55 bits per heavy atom. The lowest BCUT2D eigenvalue weighted by atomic mass is 10.1. The highest BCUT2D eigenvalue weighted by Crippen LogP contribution is 2.24. The highest BCUT2D eigenvalue weighted by Gasteiger charge is 2.16. The maximum Gasteiger partial charge on any atom is 0.334 e. The second-order valence-corrected chi connectivity index (χ2v) is 4.65. The lowest BCUT2D eigenvalue weighted by Crippen LogP contribution is -2.12. The molecule has 0 saturated carbocycles. The zero-order valence-electron chi connectivity index (χ0n) is 11.1. The third kappa shape index (κ3) is 4.87. The molecule has 0 atom stereocenters. The third-order valence-electron chi connectivity index (χ3n) is 2.38. The van der Waals surface area contributed by atoms with Crippen molar-refractivity contribution in [2.24, 2.45) is 0 Å². The van der Waals surface area contributed by atoms with E-state index < -0.39 is 11.9 Å². The summed E-state index contributed by atoms with van der Waals surface area (Å²) in [6, 6.07) is 4.84. The standard InChI is InChI=1S/C14H14Cl2O4/c1-3-20-13(17)7-10(14(18)19-2)6-9-4-5-11(15)8-12(9)16/h4-6,8H,3,7H2,1-2H3/b10-6+. The molecule has 20 heavy (non-hydrogen) atoms. The van der Waals surface area contributed by atoms with Crippen molar-refractivity contribution in [3.63, 3.8) is 0 Å². The largest absolute Gasteiger partial charge is 0.466 e. The van der Waals surface area contributed by atoms with Gasteiger partial charge in [0.05, 0.1) is 20.1 Å². The van der Waals surface area contributed by atoms with Gasteiger partial charge < -0.3 is 9.47 Å². The van der Waals surface area contributed by atoms with Crippen molar-refractivity contribution in [2.75, 3.05) is 13.7 Å². The molecular weight excluding hydrogens is 303 g/mol. The summed E-state index contributed by atoms with van der Waals surface area (Å²) in [5, 5.41) is 0.861. The summed E-state index contributed by atoms with van der Waals surface area (Å²) >= 11 is 11.8. The number of hydrogen-bond donors (Lipinski definition) is 0. The molecule has 6 heteroatoms. The zero-order chi connectivity index (χ0) is 15.1. The molecule has 0 heterocycles. The van der Waals surface area contributed by atoms with Crippen molar-refractivity contribution in [1.82, 2.24) is 0 Å². The van der Waals surface area contributed by atoms with Gasteiger partial charge in [0, 0.05) is 15.6 Å². The molecule has 0 bridgehead atoms. The van der Waals surface area contributed by atoms with Crippen LogP contribution in [0.15, 0.2) is 23.8 Å². The number of halogens is 2. The Bertz CT molecular complexity index is 538. The molecule has 1 rings (SSSR count). The number of benzene rings is 1. The summed E-state index contributed by atoms with van der Waals surface area (Å²) in [4.78, 5) is 23.1. The number of carbonyl (C=O) groups excluding carboxylic acids is 2. The van der Waals surface area contributed by atoms with Gasteiger partial charge in [-0.05, 0) is 30.7 Å². The maximum absolute atomic E-state index is 11.7. The van der Waals surface area contributed by atoms with E-state index in [0.29, 0.717) is 15.6 Å². The fourth-order valence-electron chi connectivity index (χ4n) is 1.49. The quantitative estimate of drug-likeness (QED) is 0.616. The van der Waals surface area contributed by atoms with E-state index in [9.17, 15) is 9.59 Å². The average molecular weight is 317 g/mol. The Balaban J connectivity index is 3.06. The van der Waals surface area contributed by atoms with Gasteiger partial charge in [-0.15, -0.1) is 0 Å². The van der Waals surface area contributed by atoms with Gasteiger partial charge in [0.25, 0.3) is 0 Å². The second-order valence-electron chi connectivity index (χ2n) is 3.81. The molecule has 0 aromatic heterocycles. The van der Waals surface area contributed by atoms with E-state index in [1.165, 1.54) is 13.2 Å². The number of rotatable bonds is 5. The van der Waals surface area contributed by atoms with Crippen LogP contribution in [-0.4, -0.2) is 25.7 Å². The molecule has 108 valence electrons. The molecule has 4 nitrogen and oxygen atoms in total. The number of ether oxygens (including phenoxy) is 2. The Hall–Kier alpha value is -1.52. The van der Waals surface area contributed by atoms with E-state index in [1.54, 1.807) is 25.1 Å². The first-order valence-corrected chi connectivity index (χ1v) is 6.63. The molecule has 0 aliphatic heterocycles. The van der Waals surface area contributed by atoms with Crippen LogP contribution in [0.4, 0.5) is 0 Å². The summed E-state index contributed by atoms with van der Waals surface area (Å²) in [7, 11) is 1.24. The number of esters is 2. The van der Waals surface area contributed by atoms with Gasteiger partial charge in [0.2, 0.25) is 0 Å². The summed E-state index contributed by atoms with van der Waals surface area (Å²) in [6.07, 6.45) is 1.31. The van der Waals surface area contributed by atoms with Crippen LogP contribution in [-0.2, 0) is 19.1 Å². The van der Waals surface area contributed by atoms with E-state index in [0.717, 1.165) is 0 Å². The van der Waals surface area contributed by atoms with Gasteiger partial charge in [-0.2, -0.15) is 0 Å². The lowest BCUT2D eigenvalue weighted by molar-refractivity contribution is -0.145. The van der Waals surface area contributed by atoms with Crippen molar-refractivity contribution in [1.29, 1.82) is 0 Å². The predicted octanol–water partition coefficient (Wildman–Crippen LogP) is 3.50. The Morgan fingerprint density at radius 1 is 1.30 bits per heavy atom. The Morgan fingerprint density at radius 2 is 2.00 bits per heavy atom. The highest BCUT2D eigenvalue weighted by molar-refractivity contribution is 6.35. The summed E-state index contributed by atoms with van der Waals surface area (Å²) in [5.41, 5.74) is 0.732. The monoisotopic (exact) mass is 316 g/mol. The van der Waals surface area contributed by atoms with E-state index in [4.69, 9.17) is 27.9 Å². The molecule has 0 amide bonds. The van der Waals surface area contributed by atoms with Crippen LogP contribution in [0.1, 0.15) is 18.9 Å². The van der Waals surface area contributed by atoms with Crippen LogP contribution >= 0.6 is 23.2 Å². The van der Waals surface area contributed by atoms with E-state index in [2.05, 4.69) is 4.74 Å². The van der Waals surface area contributed by atoms with Gasteiger partial charge in [0.15, 0.2) is 0 Å². The van der Waals surface area contributed by atoms with E-state index >= 15 is 0 Å². The Kier molecular flexibility index (Phi) is 6.55. The van der Waals surface area contributed by atoms with Crippen LogP contribution in [0.3, 0.4) is 0 Å². The Labute approximate surface area is 127 Å². The fraction of sp³-hybridized carbons (Fsp3) is 0.286. The topological polar surface area (TPSA) is 52.6 Å². The van der Waals surface area contributed by atoms with E-state index in [-0.39, 0.29) is 18.6 Å². The molecule has 0 aliphatic rings. The summed E-state index contributed by atoms with van der Waals surface area (Å²) in [6.45, 7) is 1.93. The first-order chi connectivity index (χ1) is 9.47. The minimum atomic E-state index is -0.607. The van der Waals surface area contributed by atoms with Gasteiger partial charge in [-0.25, -0.2) is 4.79 Å². The van der Waals surface area contributed by atoms with Gasteiger partial charge in [0.1, 0.15) is 0 Å². The SMILES string of the molecule is CCOC(=O)C/C(=C\c1ccc(Cl)cc1Cl)C(=O)OC. The second kappa shape index (κ2) is 7.92. The molecule has 0 spiro atoms. The fourth-order valence-corrected chi connectivity index (χ4v) is 1.95. The molecule has 0 radical (unpaired) electrons. The number of methoxy groups -OCH3 is 1. The molecule has 0 saturated heterocycles. The van der Waals surface area contributed by atoms with Crippen LogP contribution in [0, 0.1) is 0 Å². The first-order valence-electron chi connectivity index (χ1n) is 5.87. The molecule has 0 aliphatic carbocycles. The number of hydrogen-bond acceptors (Lipinski definition) is 4. The van der Waals surface area contributed by atoms with Crippen molar-refractivity contribution in [3.05, 3.63) is 39.4 Å². The molecule has 1 aromatic rings. The van der Waals surface area contributed by atoms with Crippen molar-refractivity contribution < 1.29 is 19.1 Å². The van der Waals surface area contributed by atoms with Crippen LogP contribution in [0.2, 0.25) is 10.0 Å². The van der Waals surface area contributed by atoms with Gasteiger partial charge in [-0.1, -0.05) is 29.3 Å². The van der Waals surface area contributed by atoms with E-state index in [1.807, 2.05) is 0 Å². The highest BCUT2D eigenvalue weighted by atomic mass is 35.5. The number of carbonyl (C=O) groups is 2. The van der Waals surface area contributed by atoms with Crippen molar-refractivity contribution in [2.45, 2.75) is 13.3 Å². The smallest absolute Gasteiger partial charge is 0.334 e. The third-order valence-corrected chi connectivity index (χ3v) is 2.94. The van der Waals surface area contributed by atoms with Crippen LogP contribution < -0.4 is 0 Å². The van der Waals surface area contributed by atoms with Crippen molar-refractivity contribution >= 4 is 41.2 Å². The van der Waals surface area contributed by atoms with Crippen LogP contribution in [0.5, 0.6) is 0 Å². The van der Waals surface area contributed by atoms with Gasteiger partial charge >= 0.3 is 11.9 Å². The van der Waals surface area contributed by atoms with Crippen molar-refractivity contribution in [3.8, 4) is 0 Å². The maximum atomic E-state index is 11.7. The molecular formula is C14H14Cl2O4. The predicted molar refractivity (Wildman–Crippen MR) is 77.7 cm³/mol. The molecule has 1 aromatic carbocycles. The van der Waals surface area contributed by atoms with Gasteiger partial charge in [-0.3, -0.25) is 4.79 Å². The molecule has 0 unspecified atom stereocenters. The molecule has 0 N–H and O–H groups in total.